The van der Waals surface area contributed by atoms with Gasteiger partial charge in [-0.15, -0.1) is 0 Å². The summed E-state index contributed by atoms with van der Waals surface area (Å²) in [5, 5.41) is 30.4. The Morgan fingerprint density at radius 1 is 1.22 bits per heavy atom. The minimum absolute atomic E-state index is 0.0194. The molecular weight excluding hydrogens is 320 g/mol. The Labute approximate surface area is 137 Å². The first-order chi connectivity index (χ1) is 10.8. The number of nitro benzene ring substituents is 1. The lowest BCUT2D eigenvalue weighted by atomic mass is 10.1. The van der Waals surface area contributed by atoms with Gasteiger partial charge in [0.2, 0.25) is 0 Å². The third kappa shape index (κ3) is 3.89. The molecule has 1 heterocycles. The number of nitrogens with one attached hydrogen (secondary N) is 1. The molecule has 0 spiro atoms. The molecule has 0 aliphatic rings. The summed E-state index contributed by atoms with van der Waals surface area (Å²) in [6.07, 6.45) is 0. The van der Waals surface area contributed by atoms with Crippen LogP contribution in [0.15, 0.2) is 29.2 Å². The number of anilines is 1. The van der Waals surface area contributed by atoms with Crippen LogP contribution in [0.3, 0.4) is 0 Å². The molecule has 8 nitrogen and oxygen atoms in total. The molecule has 0 bridgehead atoms. The van der Waals surface area contributed by atoms with Gasteiger partial charge in [0, 0.05) is 29.0 Å². The van der Waals surface area contributed by atoms with E-state index in [1.165, 1.54) is 24.3 Å². The van der Waals surface area contributed by atoms with Crippen LogP contribution < -0.4 is 5.43 Å². The highest BCUT2D eigenvalue weighted by molar-refractivity contribution is 7.97. The number of hydrazine groups is 1. The monoisotopic (exact) mass is 336 g/mol. The number of pyridine rings is 1. The number of aromatic nitrogens is 1. The Balaban J connectivity index is 2.10. The van der Waals surface area contributed by atoms with Crippen molar-refractivity contribution in [3.05, 3.63) is 51.2 Å². The standard InChI is InChI=1S/C14H16N4O4S/c1-8-9(2)14(15-10(3)13(8)19)16-18(22)23-12-6-4-11(5-7-12)17(20)21/h4-7,19,22H,1-3H3,(H,15,16). The van der Waals surface area contributed by atoms with Gasteiger partial charge in [0.05, 0.1) is 10.6 Å². The topological polar surface area (TPSA) is 112 Å². The second kappa shape index (κ2) is 6.82. The van der Waals surface area contributed by atoms with Crippen molar-refractivity contribution in [2.24, 2.45) is 0 Å². The van der Waals surface area contributed by atoms with Crippen LogP contribution in [0.2, 0.25) is 0 Å². The normalized spacial score (nSPS) is 10.8. The van der Waals surface area contributed by atoms with Crippen molar-refractivity contribution in [2.75, 3.05) is 5.43 Å². The van der Waals surface area contributed by atoms with E-state index < -0.39 is 4.92 Å². The highest BCUT2D eigenvalue weighted by Gasteiger charge is 2.14. The number of nitrogens with zero attached hydrogens (tertiary/aromatic N) is 3. The smallest absolute Gasteiger partial charge is 0.269 e. The molecule has 0 unspecified atom stereocenters. The zero-order valence-electron chi connectivity index (χ0n) is 12.8. The van der Waals surface area contributed by atoms with Crippen LogP contribution in [0, 0.1) is 30.9 Å². The fourth-order valence-corrected chi connectivity index (χ4v) is 2.47. The predicted molar refractivity (Wildman–Crippen MR) is 86.3 cm³/mol. The first-order valence-electron chi connectivity index (χ1n) is 6.64. The molecule has 2 aromatic rings. The lowest BCUT2D eigenvalue weighted by Gasteiger charge is -2.18. The fourth-order valence-electron chi connectivity index (χ4n) is 1.88. The molecule has 0 saturated carbocycles. The summed E-state index contributed by atoms with van der Waals surface area (Å²) in [6, 6.07) is 5.77. The number of rotatable bonds is 5. The van der Waals surface area contributed by atoms with Gasteiger partial charge < -0.3 is 5.11 Å². The first-order valence-corrected chi connectivity index (χ1v) is 7.41. The third-order valence-corrected chi connectivity index (χ3v) is 4.08. The lowest BCUT2D eigenvalue weighted by molar-refractivity contribution is -0.384. The predicted octanol–water partition coefficient (Wildman–Crippen LogP) is 3.35. The van der Waals surface area contributed by atoms with E-state index >= 15 is 0 Å². The summed E-state index contributed by atoms with van der Waals surface area (Å²) in [6.45, 7) is 5.20. The van der Waals surface area contributed by atoms with Crippen molar-refractivity contribution < 1.29 is 15.2 Å². The maximum Gasteiger partial charge on any atom is 0.269 e. The quantitative estimate of drug-likeness (QED) is 0.433. The van der Waals surface area contributed by atoms with E-state index in [2.05, 4.69) is 10.4 Å². The van der Waals surface area contributed by atoms with Gasteiger partial charge in [-0.05, 0) is 48.6 Å². The minimum Gasteiger partial charge on any atom is -0.506 e. The Morgan fingerprint density at radius 3 is 2.39 bits per heavy atom. The van der Waals surface area contributed by atoms with E-state index in [0.717, 1.165) is 16.5 Å². The molecule has 0 aliphatic heterocycles. The largest absolute Gasteiger partial charge is 0.506 e. The SMILES string of the molecule is Cc1nc(NN(O)Sc2ccc([N+](=O)[O-])cc2)c(C)c(C)c1O. The van der Waals surface area contributed by atoms with Crippen molar-refractivity contribution >= 4 is 23.5 Å². The Hall–Kier alpha value is -2.36. The van der Waals surface area contributed by atoms with Crippen molar-refractivity contribution in [3.63, 3.8) is 0 Å². The number of non-ortho nitro benzene ring substituents is 1. The molecular formula is C14H16N4O4S. The van der Waals surface area contributed by atoms with Crippen molar-refractivity contribution in [1.29, 1.82) is 0 Å². The van der Waals surface area contributed by atoms with E-state index in [0.29, 0.717) is 27.5 Å². The average Bonchev–Trinajstić information content (AvgIpc) is 2.51. The molecule has 122 valence electrons. The molecule has 0 radical (unpaired) electrons. The minimum atomic E-state index is -0.487. The summed E-state index contributed by atoms with van der Waals surface area (Å²) in [5.41, 5.74) is 4.51. The Morgan fingerprint density at radius 2 is 1.83 bits per heavy atom. The summed E-state index contributed by atoms with van der Waals surface area (Å²) >= 11 is 0.936. The van der Waals surface area contributed by atoms with Gasteiger partial charge in [-0.25, -0.2) is 4.98 Å². The average molecular weight is 336 g/mol. The Bertz CT molecular complexity index is 737. The van der Waals surface area contributed by atoms with E-state index in [4.69, 9.17) is 0 Å². The molecule has 23 heavy (non-hydrogen) atoms. The molecule has 2 rings (SSSR count). The maximum atomic E-state index is 10.6. The number of aromatic hydroxyl groups is 1. The first kappa shape index (κ1) is 17.0. The second-order valence-electron chi connectivity index (χ2n) is 4.87. The Kier molecular flexibility index (Phi) is 5.04. The fraction of sp³-hybridized carbons (Fsp3) is 0.214. The molecule has 0 amide bonds. The lowest BCUT2D eigenvalue weighted by Crippen LogP contribution is -2.20. The van der Waals surface area contributed by atoms with Gasteiger partial charge in [-0.2, -0.15) is 0 Å². The molecule has 0 atom stereocenters. The van der Waals surface area contributed by atoms with Crippen molar-refractivity contribution in [2.45, 2.75) is 25.7 Å². The molecule has 1 aromatic carbocycles. The van der Waals surface area contributed by atoms with Gasteiger partial charge >= 0.3 is 0 Å². The van der Waals surface area contributed by atoms with Crippen molar-refractivity contribution in [1.82, 2.24) is 9.56 Å². The van der Waals surface area contributed by atoms with Crippen LogP contribution in [0.25, 0.3) is 0 Å². The summed E-state index contributed by atoms with van der Waals surface area (Å²) < 4.78 is 0.756. The zero-order chi connectivity index (χ0) is 17.1. The zero-order valence-corrected chi connectivity index (χ0v) is 13.6. The van der Waals surface area contributed by atoms with Crippen LogP contribution in [-0.2, 0) is 0 Å². The van der Waals surface area contributed by atoms with E-state index in [1.807, 2.05) is 0 Å². The van der Waals surface area contributed by atoms with Gasteiger partial charge in [0.25, 0.3) is 5.69 Å². The van der Waals surface area contributed by atoms with Gasteiger partial charge in [0.15, 0.2) is 0 Å². The molecule has 9 heteroatoms. The molecule has 0 aliphatic carbocycles. The van der Waals surface area contributed by atoms with Gasteiger partial charge in [-0.3, -0.25) is 20.7 Å². The van der Waals surface area contributed by atoms with Crippen LogP contribution in [0.1, 0.15) is 16.8 Å². The van der Waals surface area contributed by atoms with Crippen molar-refractivity contribution in [3.8, 4) is 5.75 Å². The third-order valence-electron chi connectivity index (χ3n) is 3.34. The highest BCUT2D eigenvalue weighted by atomic mass is 32.2. The highest BCUT2D eigenvalue weighted by Crippen LogP contribution is 2.29. The van der Waals surface area contributed by atoms with Crippen LogP contribution >= 0.6 is 11.9 Å². The molecule has 1 aromatic heterocycles. The number of benzene rings is 1. The molecule has 3 N–H and O–H groups in total. The van der Waals surface area contributed by atoms with Crippen LogP contribution in [0.4, 0.5) is 11.5 Å². The number of hydrogen-bond acceptors (Lipinski definition) is 8. The molecule has 0 saturated heterocycles. The number of nitro groups is 1. The second-order valence-corrected chi connectivity index (χ2v) is 5.87. The van der Waals surface area contributed by atoms with Gasteiger partial charge in [0.1, 0.15) is 11.6 Å². The van der Waals surface area contributed by atoms with Gasteiger partial charge in [-0.1, -0.05) is 0 Å². The van der Waals surface area contributed by atoms with E-state index in [1.54, 1.807) is 20.8 Å². The number of aryl methyl sites for hydroxylation is 1. The number of hydrogen-bond donors (Lipinski definition) is 3. The van der Waals surface area contributed by atoms with E-state index in [9.17, 15) is 20.4 Å². The molecule has 0 fully saturated rings. The van der Waals surface area contributed by atoms with Crippen LogP contribution in [-0.4, -0.2) is 24.8 Å². The summed E-state index contributed by atoms with van der Waals surface area (Å²) in [5.74, 6) is 0.537. The van der Waals surface area contributed by atoms with Crippen LogP contribution in [0.5, 0.6) is 5.75 Å². The summed E-state index contributed by atoms with van der Waals surface area (Å²) in [7, 11) is 0. The van der Waals surface area contributed by atoms with E-state index in [-0.39, 0.29) is 11.4 Å². The summed E-state index contributed by atoms with van der Waals surface area (Å²) in [4.78, 5) is 14.9. The maximum absolute atomic E-state index is 10.6.